The molecule has 2 aromatic heterocycles. The molecule has 0 aliphatic rings. The van der Waals surface area contributed by atoms with E-state index in [9.17, 15) is 0 Å². The zero-order valence-corrected chi connectivity index (χ0v) is 13.1. The van der Waals surface area contributed by atoms with Gasteiger partial charge in [-0.25, -0.2) is 15.0 Å². The predicted octanol–water partition coefficient (Wildman–Crippen LogP) is 3.89. The summed E-state index contributed by atoms with van der Waals surface area (Å²) in [7, 11) is 0. The summed E-state index contributed by atoms with van der Waals surface area (Å²) in [5.74, 6) is 1.53. The largest absolute Gasteiger partial charge is 0.342 e. The maximum absolute atomic E-state index is 6.12. The molecule has 3 aromatic rings. The zero-order chi connectivity index (χ0) is 15.0. The van der Waals surface area contributed by atoms with Crippen LogP contribution in [0.4, 0.5) is 0 Å². The van der Waals surface area contributed by atoms with Gasteiger partial charge < -0.3 is 4.98 Å². The quantitative estimate of drug-likeness (QED) is 0.730. The molecule has 0 saturated carbocycles. The molecule has 108 valence electrons. The van der Waals surface area contributed by atoms with Crippen molar-refractivity contribution in [2.75, 3.05) is 0 Å². The van der Waals surface area contributed by atoms with Crippen LogP contribution in [0, 0.1) is 0 Å². The summed E-state index contributed by atoms with van der Waals surface area (Å²) < 4.78 is 0. The third kappa shape index (κ3) is 3.05. The van der Waals surface area contributed by atoms with E-state index in [1.807, 2.05) is 30.3 Å². The number of halogens is 1. The first kappa shape index (κ1) is 14.0. The number of H-pyrrole nitrogens is 1. The number of rotatable bonds is 2. The number of nitrogens with one attached hydrogen (secondary N) is 1. The topological polar surface area (TPSA) is 54.5 Å². The van der Waals surface area contributed by atoms with Gasteiger partial charge in [-0.2, -0.15) is 0 Å². The smallest absolute Gasteiger partial charge is 0.137 e. The van der Waals surface area contributed by atoms with Gasteiger partial charge in [0, 0.05) is 5.41 Å². The second kappa shape index (κ2) is 5.11. The Labute approximate surface area is 128 Å². The van der Waals surface area contributed by atoms with Gasteiger partial charge in [0.2, 0.25) is 0 Å². The Morgan fingerprint density at radius 2 is 1.86 bits per heavy atom. The van der Waals surface area contributed by atoms with Crippen LogP contribution in [-0.2, 0) is 11.8 Å². The first-order chi connectivity index (χ1) is 9.91. The fourth-order valence-corrected chi connectivity index (χ4v) is 2.37. The third-order valence-electron chi connectivity index (χ3n) is 3.27. The predicted molar refractivity (Wildman–Crippen MR) is 84.6 cm³/mol. The van der Waals surface area contributed by atoms with Crippen LogP contribution >= 0.6 is 11.6 Å². The molecule has 0 aliphatic carbocycles. The summed E-state index contributed by atoms with van der Waals surface area (Å²) in [6.07, 6.45) is 0.540. The van der Waals surface area contributed by atoms with Crippen molar-refractivity contribution in [2.45, 2.75) is 32.6 Å². The fourth-order valence-electron chi connectivity index (χ4n) is 2.17. The number of benzene rings is 1. The van der Waals surface area contributed by atoms with E-state index in [1.54, 1.807) is 0 Å². The highest BCUT2D eigenvalue weighted by Crippen LogP contribution is 2.23. The minimum atomic E-state index is -0.0603. The van der Waals surface area contributed by atoms with E-state index >= 15 is 0 Å². The second-order valence-electron chi connectivity index (χ2n) is 6.12. The van der Waals surface area contributed by atoms with Crippen LogP contribution in [-0.4, -0.2) is 19.9 Å². The van der Waals surface area contributed by atoms with Gasteiger partial charge in [-0.1, -0.05) is 44.5 Å². The van der Waals surface area contributed by atoms with Gasteiger partial charge in [0.25, 0.3) is 0 Å². The van der Waals surface area contributed by atoms with Crippen LogP contribution < -0.4 is 0 Å². The molecule has 0 amide bonds. The van der Waals surface area contributed by atoms with Crippen molar-refractivity contribution in [3.8, 4) is 0 Å². The van der Waals surface area contributed by atoms with E-state index in [0.29, 0.717) is 17.4 Å². The minimum Gasteiger partial charge on any atom is -0.342 e. The Kier molecular flexibility index (Phi) is 3.41. The highest BCUT2D eigenvalue weighted by molar-refractivity contribution is 6.29. The molecule has 1 aromatic carbocycles. The van der Waals surface area contributed by atoms with Crippen molar-refractivity contribution >= 4 is 22.6 Å². The summed E-state index contributed by atoms with van der Waals surface area (Å²) in [6, 6.07) is 9.77. The van der Waals surface area contributed by atoms with E-state index in [-0.39, 0.29) is 5.41 Å². The van der Waals surface area contributed by atoms with Gasteiger partial charge >= 0.3 is 0 Å². The summed E-state index contributed by atoms with van der Waals surface area (Å²) in [5.41, 5.74) is 2.85. The van der Waals surface area contributed by atoms with Gasteiger partial charge in [-0.05, 0) is 18.2 Å². The molecule has 0 unspecified atom stereocenters. The lowest BCUT2D eigenvalue weighted by Gasteiger charge is -2.18. The minimum absolute atomic E-state index is 0.0603. The van der Waals surface area contributed by atoms with Gasteiger partial charge in [-0.3, -0.25) is 0 Å². The molecule has 0 spiro atoms. The van der Waals surface area contributed by atoms with E-state index in [1.165, 1.54) is 0 Å². The average Bonchev–Trinajstić information content (AvgIpc) is 2.79. The molecule has 0 atom stereocenters. The monoisotopic (exact) mass is 300 g/mol. The van der Waals surface area contributed by atoms with E-state index in [4.69, 9.17) is 11.6 Å². The SMILES string of the molecule is CC(C)(C)c1cc(Cl)nc(Cc2nc3ccccc3[nH]2)n1. The summed E-state index contributed by atoms with van der Waals surface area (Å²) >= 11 is 6.12. The molecule has 21 heavy (non-hydrogen) atoms. The van der Waals surface area contributed by atoms with Crippen LogP contribution in [0.1, 0.15) is 38.1 Å². The summed E-state index contributed by atoms with van der Waals surface area (Å²) in [4.78, 5) is 16.8. The maximum atomic E-state index is 6.12. The van der Waals surface area contributed by atoms with Crippen molar-refractivity contribution in [1.82, 2.24) is 19.9 Å². The van der Waals surface area contributed by atoms with Crippen LogP contribution in [0.2, 0.25) is 5.15 Å². The fraction of sp³-hybridized carbons (Fsp3) is 0.312. The molecule has 1 N–H and O–H groups in total. The maximum Gasteiger partial charge on any atom is 0.137 e. The van der Waals surface area contributed by atoms with Crippen LogP contribution in [0.5, 0.6) is 0 Å². The van der Waals surface area contributed by atoms with Crippen molar-refractivity contribution in [1.29, 1.82) is 0 Å². The number of aromatic nitrogens is 4. The van der Waals surface area contributed by atoms with Gasteiger partial charge in [0.1, 0.15) is 16.8 Å². The molecule has 5 heteroatoms. The van der Waals surface area contributed by atoms with Crippen LogP contribution in [0.25, 0.3) is 11.0 Å². The summed E-state index contributed by atoms with van der Waals surface area (Å²) in [5, 5.41) is 0.473. The Morgan fingerprint density at radius 1 is 1.10 bits per heavy atom. The number of hydrogen-bond donors (Lipinski definition) is 1. The summed E-state index contributed by atoms with van der Waals surface area (Å²) in [6.45, 7) is 6.32. The molecule has 0 radical (unpaired) electrons. The normalized spacial score (nSPS) is 12.0. The molecule has 0 saturated heterocycles. The van der Waals surface area contributed by atoms with Crippen molar-refractivity contribution in [3.63, 3.8) is 0 Å². The average molecular weight is 301 g/mol. The van der Waals surface area contributed by atoms with Gasteiger partial charge in [0.15, 0.2) is 0 Å². The molecule has 0 aliphatic heterocycles. The van der Waals surface area contributed by atoms with E-state index < -0.39 is 0 Å². The number of aromatic amines is 1. The lowest BCUT2D eigenvalue weighted by Crippen LogP contribution is -2.15. The van der Waals surface area contributed by atoms with Crippen molar-refractivity contribution in [3.05, 3.63) is 52.8 Å². The molecule has 2 heterocycles. The molecule has 0 fully saturated rings. The number of imidazole rings is 1. The molecule has 3 rings (SSSR count). The van der Waals surface area contributed by atoms with E-state index in [0.717, 1.165) is 22.6 Å². The number of para-hydroxylation sites is 2. The highest BCUT2D eigenvalue weighted by Gasteiger charge is 2.18. The lowest BCUT2D eigenvalue weighted by atomic mass is 9.92. The van der Waals surface area contributed by atoms with Crippen molar-refractivity contribution < 1.29 is 0 Å². The Balaban J connectivity index is 1.95. The van der Waals surface area contributed by atoms with E-state index in [2.05, 4.69) is 40.7 Å². The number of nitrogens with zero attached hydrogens (tertiary/aromatic N) is 3. The molecule has 0 bridgehead atoms. The first-order valence-electron chi connectivity index (χ1n) is 6.89. The van der Waals surface area contributed by atoms with Gasteiger partial charge in [-0.15, -0.1) is 0 Å². The second-order valence-corrected chi connectivity index (χ2v) is 6.51. The Bertz CT molecular complexity index is 753. The molecular weight excluding hydrogens is 284 g/mol. The first-order valence-corrected chi connectivity index (χ1v) is 7.27. The van der Waals surface area contributed by atoms with Crippen LogP contribution in [0.3, 0.4) is 0 Å². The molecule has 4 nitrogen and oxygen atoms in total. The number of hydrogen-bond acceptors (Lipinski definition) is 3. The zero-order valence-electron chi connectivity index (χ0n) is 12.3. The number of fused-ring (bicyclic) bond motifs is 1. The highest BCUT2D eigenvalue weighted by atomic mass is 35.5. The molecular formula is C16H17ClN4. The van der Waals surface area contributed by atoms with Gasteiger partial charge in [0.05, 0.1) is 23.1 Å². The Morgan fingerprint density at radius 3 is 2.57 bits per heavy atom. The van der Waals surface area contributed by atoms with Crippen molar-refractivity contribution in [2.24, 2.45) is 0 Å². The lowest BCUT2D eigenvalue weighted by molar-refractivity contribution is 0.562. The van der Waals surface area contributed by atoms with Crippen LogP contribution in [0.15, 0.2) is 30.3 Å². The standard InChI is InChI=1S/C16H17ClN4/c1-16(2,3)12-8-13(17)21-15(20-12)9-14-18-10-6-4-5-7-11(10)19-14/h4-8H,9H2,1-3H3,(H,18,19). The Hall–Kier alpha value is -1.94. The third-order valence-corrected chi connectivity index (χ3v) is 3.47.